The predicted octanol–water partition coefficient (Wildman–Crippen LogP) is 2.63. The van der Waals surface area contributed by atoms with Gasteiger partial charge < -0.3 is 15.0 Å². The quantitative estimate of drug-likeness (QED) is 0.846. The van der Waals surface area contributed by atoms with Crippen molar-refractivity contribution < 1.29 is 9.53 Å². The lowest BCUT2D eigenvalue weighted by Crippen LogP contribution is -2.31. The molecule has 0 saturated carbocycles. The number of thiazole rings is 1. The van der Waals surface area contributed by atoms with Crippen molar-refractivity contribution in [3.63, 3.8) is 0 Å². The van der Waals surface area contributed by atoms with Crippen LogP contribution >= 0.6 is 11.3 Å². The first-order chi connectivity index (χ1) is 11.0. The van der Waals surface area contributed by atoms with Gasteiger partial charge in [0.05, 0.1) is 5.69 Å². The summed E-state index contributed by atoms with van der Waals surface area (Å²) in [5.74, 6) is 0.740. The molecule has 0 aliphatic rings. The summed E-state index contributed by atoms with van der Waals surface area (Å²) in [5, 5.41) is 3.72. The molecule has 0 spiro atoms. The zero-order valence-electron chi connectivity index (χ0n) is 14.0. The van der Waals surface area contributed by atoms with E-state index in [4.69, 9.17) is 4.74 Å². The second-order valence-electron chi connectivity index (χ2n) is 5.68. The summed E-state index contributed by atoms with van der Waals surface area (Å²) in [6.45, 7) is 5.70. The van der Waals surface area contributed by atoms with Gasteiger partial charge >= 0.3 is 0 Å². The molecule has 2 aromatic rings. The first kappa shape index (κ1) is 17.4. The van der Waals surface area contributed by atoms with E-state index in [1.807, 2.05) is 57.1 Å². The Bertz CT molecular complexity index is 650. The molecule has 6 heteroatoms. The Hall–Kier alpha value is -1.92. The number of amides is 1. The molecule has 0 aliphatic carbocycles. The van der Waals surface area contributed by atoms with Crippen molar-refractivity contribution in [1.82, 2.24) is 15.2 Å². The molecule has 124 valence electrons. The third-order valence-electron chi connectivity index (χ3n) is 3.27. The number of hydrogen-bond donors (Lipinski definition) is 1. The van der Waals surface area contributed by atoms with E-state index in [9.17, 15) is 4.79 Å². The Morgan fingerprint density at radius 2 is 1.96 bits per heavy atom. The van der Waals surface area contributed by atoms with Gasteiger partial charge in [-0.15, -0.1) is 11.3 Å². The number of rotatable bonds is 7. The maximum Gasteiger partial charge on any atom is 0.263 e. The summed E-state index contributed by atoms with van der Waals surface area (Å²) >= 11 is 1.39. The van der Waals surface area contributed by atoms with Crippen LogP contribution in [0.15, 0.2) is 24.3 Å². The summed E-state index contributed by atoms with van der Waals surface area (Å²) < 4.78 is 5.72. The van der Waals surface area contributed by atoms with Crippen molar-refractivity contribution in [2.24, 2.45) is 0 Å². The molecule has 1 aromatic heterocycles. The van der Waals surface area contributed by atoms with Gasteiger partial charge in [0.15, 0.2) is 0 Å². The smallest absolute Gasteiger partial charge is 0.263 e. The lowest BCUT2D eigenvalue weighted by Gasteiger charge is -2.09. The summed E-state index contributed by atoms with van der Waals surface area (Å²) in [7, 11) is 3.95. The molecule has 1 amide bonds. The van der Waals surface area contributed by atoms with Crippen LogP contribution in [0.4, 0.5) is 0 Å². The molecule has 0 radical (unpaired) electrons. The van der Waals surface area contributed by atoms with Crippen LogP contribution in [0.25, 0.3) is 0 Å². The van der Waals surface area contributed by atoms with Crippen molar-refractivity contribution in [2.75, 3.05) is 27.2 Å². The van der Waals surface area contributed by atoms with E-state index in [1.54, 1.807) is 0 Å². The Balaban J connectivity index is 1.92. The van der Waals surface area contributed by atoms with Gasteiger partial charge in [0.25, 0.3) is 5.91 Å². The SMILES string of the molecule is Cc1ccc(OCc2nc(C)c(C(=O)NCCN(C)C)s2)cc1. The van der Waals surface area contributed by atoms with Gasteiger partial charge in [0.2, 0.25) is 0 Å². The van der Waals surface area contributed by atoms with Gasteiger partial charge in [-0.1, -0.05) is 17.7 Å². The average Bonchev–Trinajstić information content (AvgIpc) is 2.87. The molecule has 2 rings (SSSR count). The minimum atomic E-state index is -0.0663. The lowest BCUT2D eigenvalue weighted by molar-refractivity contribution is 0.0954. The number of aryl methyl sites for hydroxylation is 2. The van der Waals surface area contributed by atoms with Crippen molar-refractivity contribution in [2.45, 2.75) is 20.5 Å². The van der Waals surface area contributed by atoms with E-state index in [2.05, 4.69) is 10.3 Å². The zero-order chi connectivity index (χ0) is 16.8. The molecule has 0 saturated heterocycles. The zero-order valence-corrected chi connectivity index (χ0v) is 14.9. The number of nitrogens with one attached hydrogen (secondary N) is 1. The number of hydrogen-bond acceptors (Lipinski definition) is 5. The highest BCUT2D eigenvalue weighted by molar-refractivity contribution is 7.13. The summed E-state index contributed by atoms with van der Waals surface area (Å²) in [6.07, 6.45) is 0. The molecule has 1 aromatic carbocycles. The molecule has 0 aliphatic heterocycles. The summed E-state index contributed by atoms with van der Waals surface area (Å²) in [5.41, 5.74) is 1.94. The standard InChI is InChI=1S/C17H23N3O2S/c1-12-5-7-14(8-6-12)22-11-15-19-13(2)16(23-15)17(21)18-9-10-20(3)4/h5-8H,9-11H2,1-4H3,(H,18,21). The number of benzene rings is 1. The number of likely N-dealkylation sites (N-methyl/N-ethyl adjacent to an activating group) is 1. The molecular formula is C17H23N3O2S. The molecule has 5 nitrogen and oxygen atoms in total. The fourth-order valence-electron chi connectivity index (χ4n) is 1.98. The van der Waals surface area contributed by atoms with Crippen LogP contribution in [0, 0.1) is 13.8 Å². The highest BCUT2D eigenvalue weighted by atomic mass is 32.1. The molecular weight excluding hydrogens is 310 g/mol. The Kier molecular flexibility index (Phi) is 6.12. The molecule has 0 bridgehead atoms. The minimum Gasteiger partial charge on any atom is -0.486 e. The van der Waals surface area contributed by atoms with Crippen LogP contribution in [0.1, 0.15) is 25.9 Å². The number of carbonyl (C=O) groups is 1. The topological polar surface area (TPSA) is 54.5 Å². The average molecular weight is 333 g/mol. The highest BCUT2D eigenvalue weighted by Crippen LogP contribution is 2.20. The summed E-state index contributed by atoms with van der Waals surface area (Å²) in [4.78, 5) is 19.3. The van der Waals surface area contributed by atoms with Crippen LogP contribution in [-0.2, 0) is 6.61 Å². The maximum atomic E-state index is 12.2. The van der Waals surface area contributed by atoms with E-state index in [0.29, 0.717) is 18.0 Å². The number of ether oxygens (including phenoxy) is 1. The van der Waals surface area contributed by atoms with Crippen LogP contribution in [0.2, 0.25) is 0 Å². The Labute approximate surface area is 141 Å². The van der Waals surface area contributed by atoms with Crippen molar-refractivity contribution in [3.05, 3.63) is 45.4 Å². The molecule has 1 heterocycles. The third kappa shape index (κ3) is 5.33. The van der Waals surface area contributed by atoms with E-state index in [0.717, 1.165) is 23.0 Å². The van der Waals surface area contributed by atoms with Gasteiger partial charge in [-0.05, 0) is 40.1 Å². The molecule has 1 N–H and O–H groups in total. The van der Waals surface area contributed by atoms with Crippen LogP contribution in [0.5, 0.6) is 5.75 Å². The molecule has 0 atom stereocenters. The van der Waals surface area contributed by atoms with E-state index in [-0.39, 0.29) is 5.91 Å². The number of aromatic nitrogens is 1. The van der Waals surface area contributed by atoms with Crippen molar-refractivity contribution in [1.29, 1.82) is 0 Å². The molecule has 0 unspecified atom stereocenters. The van der Waals surface area contributed by atoms with Gasteiger partial charge in [-0.2, -0.15) is 0 Å². The minimum absolute atomic E-state index is 0.0663. The summed E-state index contributed by atoms with van der Waals surface area (Å²) in [6, 6.07) is 7.88. The van der Waals surface area contributed by atoms with E-state index >= 15 is 0 Å². The van der Waals surface area contributed by atoms with Gasteiger partial charge in [0, 0.05) is 13.1 Å². The second-order valence-corrected chi connectivity index (χ2v) is 6.77. The van der Waals surface area contributed by atoms with Crippen molar-refractivity contribution in [3.8, 4) is 5.75 Å². The number of carbonyl (C=O) groups excluding carboxylic acids is 1. The van der Waals surface area contributed by atoms with E-state index in [1.165, 1.54) is 16.9 Å². The van der Waals surface area contributed by atoms with Crippen LogP contribution < -0.4 is 10.1 Å². The Morgan fingerprint density at radius 1 is 1.26 bits per heavy atom. The molecule has 0 fully saturated rings. The fourth-order valence-corrected chi connectivity index (χ4v) is 2.87. The second kappa shape index (κ2) is 8.08. The number of nitrogens with zero attached hydrogens (tertiary/aromatic N) is 2. The van der Waals surface area contributed by atoms with Gasteiger partial charge in [0.1, 0.15) is 22.2 Å². The van der Waals surface area contributed by atoms with Crippen LogP contribution in [-0.4, -0.2) is 43.0 Å². The third-order valence-corrected chi connectivity index (χ3v) is 4.40. The fraction of sp³-hybridized carbons (Fsp3) is 0.412. The van der Waals surface area contributed by atoms with Crippen molar-refractivity contribution >= 4 is 17.2 Å². The van der Waals surface area contributed by atoms with E-state index < -0.39 is 0 Å². The van der Waals surface area contributed by atoms with Crippen LogP contribution in [0.3, 0.4) is 0 Å². The monoisotopic (exact) mass is 333 g/mol. The maximum absolute atomic E-state index is 12.2. The Morgan fingerprint density at radius 3 is 2.61 bits per heavy atom. The lowest BCUT2D eigenvalue weighted by atomic mass is 10.2. The van der Waals surface area contributed by atoms with Gasteiger partial charge in [-0.25, -0.2) is 4.98 Å². The van der Waals surface area contributed by atoms with Gasteiger partial charge in [-0.3, -0.25) is 4.79 Å². The first-order valence-electron chi connectivity index (χ1n) is 7.54. The largest absolute Gasteiger partial charge is 0.486 e. The first-order valence-corrected chi connectivity index (χ1v) is 8.36. The normalized spacial score (nSPS) is 10.8. The highest BCUT2D eigenvalue weighted by Gasteiger charge is 2.15. The molecule has 23 heavy (non-hydrogen) atoms. The predicted molar refractivity (Wildman–Crippen MR) is 93.2 cm³/mol.